The van der Waals surface area contributed by atoms with Gasteiger partial charge in [0.05, 0.1) is 10.0 Å². The van der Waals surface area contributed by atoms with Crippen LogP contribution in [-0.2, 0) is 19.9 Å². The molecule has 0 atom stereocenters. The maximum absolute atomic E-state index is 12.3. The Kier molecular flexibility index (Phi) is 3.44. The van der Waals surface area contributed by atoms with Crippen molar-refractivity contribution in [1.82, 2.24) is 9.78 Å². The highest BCUT2D eigenvalue weighted by molar-refractivity contribution is 6.42. The molecule has 1 aromatic carbocycles. The van der Waals surface area contributed by atoms with Crippen molar-refractivity contribution < 1.29 is 4.79 Å². The molecule has 1 aromatic heterocycles. The van der Waals surface area contributed by atoms with E-state index in [-0.39, 0.29) is 5.91 Å². The van der Waals surface area contributed by atoms with E-state index in [0.29, 0.717) is 21.4 Å². The first-order chi connectivity index (χ1) is 9.56. The quantitative estimate of drug-likeness (QED) is 0.923. The minimum absolute atomic E-state index is 0.206. The van der Waals surface area contributed by atoms with E-state index >= 15 is 0 Å². The van der Waals surface area contributed by atoms with Crippen LogP contribution >= 0.6 is 23.2 Å². The van der Waals surface area contributed by atoms with E-state index < -0.39 is 0 Å². The van der Waals surface area contributed by atoms with Gasteiger partial charge >= 0.3 is 0 Å². The molecule has 1 aliphatic rings. The second kappa shape index (κ2) is 5.11. The number of carbonyl (C=O) groups excluding carboxylic acids is 1. The van der Waals surface area contributed by atoms with Crippen LogP contribution in [0, 0.1) is 0 Å². The van der Waals surface area contributed by atoms with E-state index in [9.17, 15) is 4.79 Å². The van der Waals surface area contributed by atoms with Crippen molar-refractivity contribution in [3.8, 4) is 0 Å². The number of nitrogens with zero attached hydrogens (tertiary/aromatic N) is 2. The summed E-state index contributed by atoms with van der Waals surface area (Å²) < 4.78 is 1.80. The molecule has 0 radical (unpaired) electrons. The van der Waals surface area contributed by atoms with Gasteiger partial charge in [0, 0.05) is 24.0 Å². The molecule has 1 N–H and O–H groups in total. The Bertz CT molecular complexity index is 694. The predicted octanol–water partition coefficient (Wildman–Crippen LogP) is 3.47. The molecular formula is C14H13Cl2N3O. The second-order valence-corrected chi connectivity index (χ2v) is 5.65. The third kappa shape index (κ3) is 2.30. The molecule has 6 heteroatoms. The van der Waals surface area contributed by atoms with E-state index in [1.165, 1.54) is 0 Å². The van der Waals surface area contributed by atoms with E-state index in [0.717, 1.165) is 30.5 Å². The smallest absolute Gasteiger partial charge is 0.276 e. The molecule has 0 aliphatic heterocycles. The fourth-order valence-corrected chi connectivity index (χ4v) is 2.86. The molecule has 0 saturated heterocycles. The summed E-state index contributed by atoms with van der Waals surface area (Å²) >= 11 is 11.8. The second-order valence-electron chi connectivity index (χ2n) is 4.83. The third-order valence-corrected chi connectivity index (χ3v) is 4.25. The maximum Gasteiger partial charge on any atom is 0.276 e. The Balaban J connectivity index is 1.86. The molecular weight excluding hydrogens is 297 g/mol. The van der Waals surface area contributed by atoms with E-state index in [4.69, 9.17) is 23.2 Å². The lowest BCUT2D eigenvalue weighted by Gasteiger charge is -2.05. The molecule has 3 rings (SSSR count). The number of fused-ring (bicyclic) bond motifs is 1. The summed E-state index contributed by atoms with van der Waals surface area (Å²) in [5.41, 5.74) is 3.34. The molecule has 1 amide bonds. The van der Waals surface area contributed by atoms with Gasteiger partial charge in [-0.05, 0) is 37.5 Å². The van der Waals surface area contributed by atoms with Gasteiger partial charge in [0.15, 0.2) is 5.69 Å². The number of nitrogens with one attached hydrogen (secondary N) is 1. The number of aromatic nitrogens is 2. The number of aryl methyl sites for hydroxylation is 1. The van der Waals surface area contributed by atoms with Crippen molar-refractivity contribution in [2.24, 2.45) is 7.05 Å². The Morgan fingerprint density at radius 1 is 1.30 bits per heavy atom. The summed E-state index contributed by atoms with van der Waals surface area (Å²) in [5.74, 6) is -0.206. The number of carbonyl (C=O) groups is 1. The first-order valence-corrected chi connectivity index (χ1v) is 7.13. The van der Waals surface area contributed by atoms with Crippen LogP contribution in [0.5, 0.6) is 0 Å². The summed E-state index contributed by atoms with van der Waals surface area (Å²) in [5, 5.41) is 8.00. The van der Waals surface area contributed by atoms with E-state index in [1.807, 2.05) is 7.05 Å². The van der Waals surface area contributed by atoms with Gasteiger partial charge in [-0.2, -0.15) is 5.10 Å². The predicted molar refractivity (Wildman–Crippen MR) is 79.6 cm³/mol. The van der Waals surface area contributed by atoms with Crippen LogP contribution in [0.4, 0.5) is 5.69 Å². The van der Waals surface area contributed by atoms with Crippen molar-refractivity contribution in [1.29, 1.82) is 0 Å². The monoisotopic (exact) mass is 309 g/mol. The van der Waals surface area contributed by atoms with Crippen LogP contribution in [-0.4, -0.2) is 15.7 Å². The molecule has 4 nitrogen and oxygen atoms in total. The molecule has 104 valence electrons. The van der Waals surface area contributed by atoms with Crippen LogP contribution in [0.2, 0.25) is 10.0 Å². The van der Waals surface area contributed by atoms with Crippen LogP contribution in [0.15, 0.2) is 18.2 Å². The van der Waals surface area contributed by atoms with E-state index in [2.05, 4.69) is 10.4 Å². The number of amides is 1. The van der Waals surface area contributed by atoms with Crippen LogP contribution in [0.3, 0.4) is 0 Å². The Hall–Kier alpha value is -1.52. The zero-order chi connectivity index (χ0) is 14.3. The SMILES string of the molecule is Cn1nc(C(=O)Nc2ccc(Cl)c(Cl)c2)c2c1CCC2. The molecule has 0 saturated carbocycles. The molecule has 20 heavy (non-hydrogen) atoms. The maximum atomic E-state index is 12.3. The largest absolute Gasteiger partial charge is 0.321 e. The topological polar surface area (TPSA) is 46.9 Å². The Morgan fingerprint density at radius 2 is 2.10 bits per heavy atom. The Morgan fingerprint density at radius 3 is 2.85 bits per heavy atom. The van der Waals surface area contributed by atoms with Gasteiger partial charge in [-0.3, -0.25) is 9.48 Å². The molecule has 0 bridgehead atoms. The number of benzene rings is 1. The fraction of sp³-hybridized carbons (Fsp3) is 0.286. The van der Waals surface area contributed by atoms with E-state index in [1.54, 1.807) is 22.9 Å². The van der Waals surface area contributed by atoms with Crippen molar-refractivity contribution >= 4 is 34.8 Å². The number of anilines is 1. The van der Waals surface area contributed by atoms with Gasteiger partial charge in [-0.25, -0.2) is 0 Å². The van der Waals surface area contributed by atoms with Crippen molar-refractivity contribution in [3.05, 3.63) is 45.2 Å². The van der Waals surface area contributed by atoms with Crippen molar-refractivity contribution in [2.75, 3.05) is 5.32 Å². The highest BCUT2D eigenvalue weighted by Crippen LogP contribution is 2.27. The van der Waals surface area contributed by atoms with Gasteiger partial charge in [0.2, 0.25) is 0 Å². The van der Waals surface area contributed by atoms with Gasteiger partial charge in [0.25, 0.3) is 5.91 Å². The Labute approximate surface area is 126 Å². The van der Waals surface area contributed by atoms with Crippen LogP contribution in [0.25, 0.3) is 0 Å². The summed E-state index contributed by atoms with van der Waals surface area (Å²) in [6, 6.07) is 5.00. The standard InChI is InChI=1S/C14H13Cl2N3O/c1-19-12-4-2-3-9(12)13(18-19)14(20)17-8-5-6-10(15)11(16)7-8/h5-7H,2-4H2,1H3,(H,17,20). The number of hydrogen-bond donors (Lipinski definition) is 1. The molecule has 0 fully saturated rings. The fourth-order valence-electron chi connectivity index (χ4n) is 2.56. The summed E-state index contributed by atoms with van der Waals surface area (Å²) in [6.45, 7) is 0. The minimum atomic E-state index is -0.206. The summed E-state index contributed by atoms with van der Waals surface area (Å²) in [7, 11) is 1.88. The first kappa shape index (κ1) is 13.5. The molecule has 0 spiro atoms. The zero-order valence-electron chi connectivity index (χ0n) is 10.9. The normalized spacial score (nSPS) is 13.3. The average Bonchev–Trinajstić information content (AvgIpc) is 2.98. The minimum Gasteiger partial charge on any atom is -0.321 e. The van der Waals surface area contributed by atoms with Gasteiger partial charge in [0.1, 0.15) is 0 Å². The van der Waals surface area contributed by atoms with Crippen LogP contribution < -0.4 is 5.32 Å². The lowest BCUT2D eigenvalue weighted by molar-refractivity contribution is 0.102. The summed E-state index contributed by atoms with van der Waals surface area (Å²) in [6.07, 6.45) is 2.97. The first-order valence-electron chi connectivity index (χ1n) is 6.37. The molecule has 0 unspecified atom stereocenters. The summed E-state index contributed by atoms with van der Waals surface area (Å²) in [4.78, 5) is 12.3. The van der Waals surface area contributed by atoms with Gasteiger partial charge in [-0.1, -0.05) is 23.2 Å². The van der Waals surface area contributed by atoms with Gasteiger partial charge < -0.3 is 5.32 Å². The van der Waals surface area contributed by atoms with Crippen LogP contribution in [0.1, 0.15) is 28.2 Å². The number of hydrogen-bond acceptors (Lipinski definition) is 2. The highest BCUT2D eigenvalue weighted by atomic mass is 35.5. The highest BCUT2D eigenvalue weighted by Gasteiger charge is 2.25. The zero-order valence-corrected chi connectivity index (χ0v) is 12.4. The number of rotatable bonds is 2. The molecule has 1 aliphatic carbocycles. The molecule has 1 heterocycles. The van der Waals surface area contributed by atoms with Crippen molar-refractivity contribution in [2.45, 2.75) is 19.3 Å². The lowest BCUT2D eigenvalue weighted by atomic mass is 10.2. The third-order valence-electron chi connectivity index (χ3n) is 3.51. The van der Waals surface area contributed by atoms with Crippen molar-refractivity contribution in [3.63, 3.8) is 0 Å². The lowest BCUT2D eigenvalue weighted by Crippen LogP contribution is -2.14. The number of halogens is 2. The average molecular weight is 310 g/mol. The van der Waals surface area contributed by atoms with Gasteiger partial charge in [-0.15, -0.1) is 0 Å². The molecule has 2 aromatic rings.